The average Bonchev–Trinajstić information content (AvgIpc) is 2.90. The van der Waals surface area contributed by atoms with Crippen molar-refractivity contribution < 1.29 is 19.1 Å². The molecule has 0 saturated carbocycles. The lowest BCUT2D eigenvalue weighted by Gasteiger charge is -2.30. The molecule has 0 bridgehead atoms. The third-order valence-electron chi connectivity index (χ3n) is 6.69. The van der Waals surface area contributed by atoms with E-state index in [1.165, 1.54) is 0 Å². The van der Waals surface area contributed by atoms with Crippen LogP contribution in [0.1, 0.15) is 63.2 Å². The molecule has 0 atom stereocenters. The van der Waals surface area contributed by atoms with Crippen LogP contribution >= 0.6 is 0 Å². The van der Waals surface area contributed by atoms with Gasteiger partial charge in [-0.2, -0.15) is 0 Å². The summed E-state index contributed by atoms with van der Waals surface area (Å²) in [5, 5.41) is 0. The van der Waals surface area contributed by atoms with Gasteiger partial charge in [-0.15, -0.1) is 0 Å². The maximum atomic E-state index is 12.4. The summed E-state index contributed by atoms with van der Waals surface area (Å²) in [6.45, 7) is 8.26. The molecule has 0 aromatic heterocycles. The second-order valence-corrected chi connectivity index (χ2v) is 9.25. The minimum absolute atomic E-state index is 0.265. The smallest absolute Gasteiger partial charge is 0.343 e. The molecule has 4 aromatic rings. The van der Waals surface area contributed by atoms with Gasteiger partial charge in [-0.1, -0.05) is 73.5 Å². The first-order valence-corrected chi connectivity index (χ1v) is 12.1. The third kappa shape index (κ3) is 5.55. The molecule has 0 radical (unpaired) electrons. The second-order valence-electron chi connectivity index (χ2n) is 9.25. The maximum Gasteiger partial charge on any atom is 0.343 e. The fourth-order valence-corrected chi connectivity index (χ4v) is 4.07. The largest absolute Gasteiger partial charge is 0.423 e. The lowest BCUT2D eigenvalue weighted by molar-refractivity contribution is 0.0725. The molecular weight excluding hydrogens is 448 g/mol. The van der Waals surface area contributed by atoms with E-state index in [1.54, 1.807) is 24.3 Å². The standard InChI is InChI=1S/C32H30O4/c1-5-32(4,26-14-18-28(19-15-26)35-30(33)24-10-6-22(2)7-11-24)27-16-20-29(21-17-27)36-31(34)25-12-8-23(3)9-13-25/h6-21H,5H2,1-4H3. The number of ether oxygens (including phenoxy) is 2. The molecule has 4 rings (SSSR count). The quantitative estimate of drug-likeness (QED) is 0.204. The van der Waals surface area contributed by atoms with Crippen molar-refractivity contribution in [2.75, 3.05) is 0 Å². The summed E-state index contributed by atoms with van der Waals surface area (Å²) in [6.07, 6.45) is 0.859. The van der Waals surface area contributed by atoms with Gasteiger partial charge in [-0.3, -0.25) is 0 Å². The van der Waals surface area contributed by atoms with Gasteiger partial charge >= 0.3 is 11.9 Å². The first-order valence-electron chi connectivity index (χ1n) is 12.1. The Bertz CT molecular complexity index is 1230. The van der Waals surface area contributed by atoms with Crippen LogP contribution in [0.3, 0.4) is 0 Å². The van der Waals surface area contributed by atoms with E-state index in [0.717, 1.165) is 28.7 Å². The van der Waals surface area contributed by atoms with Crippen LogP contribution in [-0.4, -0.2) is 11.9 Å². The van der Waals surface area contributed by atoms with Crippen LogP contribution in [0.25, 0.3) is 0 Å². The highest BCUT2D eigenvalue weighted by Crippen LogP contribution is 2.36. The Morgan fingerprint density at radius 2 is 0.917 bits per heavy atom. The molecule has 0 unspecified atom stereocenters. The Morgan fingerprint density at radius 1 is 0.583 bits per heavy atom. The van der Waals surface area contributed by atoms with Crippen molar-refractivity contribution >= 4 is 11.9 Å². The van der Waals surface area contributed by atoms with E-state index in [9.17, 15) is 9.59 Å². The summed E-state index contributed by atoms with van der Waals surface area (Å²) in [5.74, 6) is 0.246. The van der Waals surface area contributed by atoms with Gasteiger partial charge in [0.25, 0.3) is 0 Å². The van der Waals surface area contributed by atoms with Crippen molar-refractivity contribution in [1.82, 2.24) is 0 Å². The van der Waals surface area contributed by atoms with Gasteiger partial charge in [0.1, 0.15) is 11.5 Å². The minimum Gasteiger partial charge on any atom is -0.423 e. The molecule has 0 amide bonds. The van der Waals surface area contributed by atoms with E-state index >= 15 is 0 Å². The van der Waals surface area contributed by atoms with Gasteiger partial charge in [-0.05, 0) is 79.9 Å². The lowest BCUT2D eigenvalue weighted by atomic mass is 9.74. The first-order chi connectivity index (χ1) is 17.3. The highest BCUT2D eigenvalue weighted by atomic mass is 16.5. The van der Waals surface area contributed by atoms with E-state index < -0.39 is 0 Å². The summed E-state index contributed by atoms with van der Waals surface area (Å²) in [5.41, 5.74) is 5.16. The van der Waals surface area contributed by atoms with Crippen molar-refractivity contribution in [3.63, 3.8) is 0 Å². The normalized spacial score (nSPS) is 11.1. The van der Waals surface area contributed by atoms with Crippen molar-refractivity contribution in [2.24, 2.45) is 0 Å². The highest BCUT2D eigenvalue weighted by molar-refractivity contribution is 5.91. The Kier molecular flexibility index (Phi) is 7.35. The van der Waals surface area contributed by atoms with Crippen molar-refractivity contribution in [3.8, 4) is 11.5 Å². The predicted molar refractivity (Wildman–Crippen MR) is 142 cm³/mol. The predicted octanol–water partition coefficient (Wildman–Crippen LogP) is 7.46. The topological polar surface area (TPSA) is 52.6 Å². The van der Waals surface area contributed by atoms with E-state index in [1.807, 2.05) is 86.6 Å². The molecule has 182 valence electrons. The van der Waals surface area contributed by atoms with Crippen LogP contribution in [0.4, 0.5) is 0 Å². The number of hydrogen-bond donors (Lipinski definition) is 0. The SMILES string of the molecule is CCC(C)(c1ccc(OC(=O)c2ccc(C)cc2)cc1)c1ccc(OC(=O)c2ccc(C)cc2)cc1. The monoisotopic (exact) mass is 478 g/mol. The van der Waals surface area contributed by atoms with Gasteiger partial charge in [0.05, 0.1) is 11.1 Å². The Hall–Kier alpha value is -4.18. The zero-order valence-electron chi connectivity index (χ0n) is 21.1. The van der Waals surface area contributed by atoms with Gasteiger partial charge < -0.3 is 9.47 Å². The van der Waals surface area contributed by atoms with Crippen LogP contribution in [-0.2, 0) is 5.41 Å². The van der Waals surface area contributed by atoms with E-state index in [4.69, 9.17) is 9.47 Å². The molecule has 0 aliphatic heterocycles. The number of esters is 2. The minimum atomic E-state index is -0.378. The molecule has 4 aromatic carbocycles. The zero-order valence-corrected chi connectivity index (χ0v) is 21.1. The first kappa shape index (κ1) is 24.9. The van der Waals surface area contributed by atoms with Gasteiger partial charge in [0.2, 0.25) is 0 Å². The molecule has 0 aliphatic rings. The van der Waals surface area contributed by atoms with Crippen LogP contribution in [0.2, 0.25) is 0 Å². The fourth-order valence-electron chi connectivity index (χ4n) is 4.07. The lowest BCUT2D eigenvalue weighted by Crippen LogP contribution is -2.22. The summed E-state index contributed by atoms with van der Waals surface area (Å²) >= 11 is 0. The summed E-state index contributed by atoms with van der Waals surface area (Å²) in [6, 6.07) is 29.9. The average molecular weight is 479 g/mol. The summed E-state index contributed by atoms with van der Waals surface area (Å²) in [7, 11) is 0. The van der Waals surface area contributed by atoms with Crippen molar-refractivity contribution in [1.29, 1.82) is 0 Å². The highest BCUT2D eigenvalue weighted by Gasteiger charge is 2.27. The third-order valence-corrected chi connectivity index (χ3v) is 6.69. The number of hydrogen-bond acceptors (Lipinski definition) is 4. The summed E-state index contributed by atoms with van der Waals surface area (Å²) < 4.78 is 11.1. The fraction of sp³-hybridized carbons (Fsp3) is 0.188. The number of aryl methyl sites for hydroxylation is 2. The van der Waals surface area contributed by atoms with Crippen LogP contribution in [0, 0.1) is 13.8 Å². The molecule has 0 saturated heterocycles. The molecule has 0 N–H and O–H groups in total. The van der Waals surface area contributed by atoms with Gasteiger partial charge in [0.15, 0.2) is 0 Å². The van der Waals surface area contributed by atoms with E-state index in [-0.39, 0.29) is 17.4 Å². The van der Waals surface area contributed by atoms with Crippen molar-refractivity contribution in [2.45, 2.75) is 39.5 Å². The van der Waals surface area contributed by atoms with Gasteiger partial charge in [-0.25, -0.2) is 9.59 Å². The molecule has 0 heterocycles. The Labute approximate surface area is 212 Å². The van der Waals surface area contributed by atoms with E-state index in [0.29, 0.717) is 22.6 Å². The number of rotatable bonds is 7. The zero-order chi connectivity index (χ0) is 25.7. The number of carbonyl (C=O) groups is 2. The van der Waals surface area contributed by atoms with E-state index in [2.05, 4.69) is 13.8 Å². The Balaban J connectivity index is 1.46. The Morgan fingerprint density at radius 3 is 1.22 bits per heavy atom. The molecule has 0 fully saturated rings. The van der Waals surface area contributed by atoms with Crippen LogP contribution in [0.5, 0.6) is 11.5 Å². The van der Waals surface area contributed by atoms with Crippen LogP contribution in [0.15, 0.2) is 97.1 Å². The molecule has 36 heavy (non-hydrogen) atoms. The molecule has 0 aliphatic carbocycles. The molecular formula is C32H30O4. The van der Waals surface area contributed by atoms with Crippen LogP contribution < -0.4 is 9.47 Å². The maximum absolute atomic E-state index is 12.4. The molecule has 4 nitrogen and oxygen atoms in total. The molecule has 0 spiro atoms. The number of benzene rings is 4. The second kappa shape index (κ2) is 10.6. The van der Waals surface area contributed by atoms with Gasteiger partial charge in [0, 0.05) is 5.41 Å². The number of carbonyl (C=O) groups excluding carboxylic acids is 2. The summed E-state index contributed by atoms with van der Waals surface area (Å²) in [4.78, 5) is 24.9. The van der Waals surface area contributed by atoms with Crippen molar-refractivity contribution in [3.05, 3.63) is 130 Å². The molecule has 4 heteroatoms.